The Morgan fingerprint density at radius 3 is 2.79 bits per heavy atom. The minimum absolute atomic E-state index is 0.0967. The van der Waals surface area contributed by atoms with Crippen LogP contribution in [0.2, 0.25) is 5.02 Å². The van der Waals surface area contributed by atoms with E-state index in [4.69, 9.17) is 26.6 Å². The number of carbonyl (C=O) groups excluding carboxylic acids is 1. The van der Waals surface area contributed by atoms with Crippen molar-refractivity contribution in [2.45, 2.75) is 40.2 Å². The molecule has 1 fully saturated rings. The highest BCUT2D eigenvalue weighted by molar-refractivity contribution is 7.15. The van der Waals surface area contributed by atoms with Gasteiger partial charge in [-0.05, 0) is 51.0 Å². The van der Waals surface area contributed by atoms with Crippen LogP contribution in [0.15, 0.2) is 57.5 Å². The lowest BCUT2D eigenvalue weighted by molar-refractivity contribution is -0.121. The monoisotopic (exact) mass is 559 g/mol. The highest BCUT2D eigenvalue weighted by atomic mass is 35.5. The highest BCUT2D eigenvalue weighted by Gasteiger charge is 2.32. The van der Waals surface area contributed by atoms with E-state index in [1.807, 2.05) is 54.8 Å². The summed E-state index contributed by atoms with van der Waals surface area (Å²) in [6, 6.07) is 7.05. The molecule has 2 aliphatic heterocycles. The second kappa shape index (κ2) is 11.0. The molecule has 11 heteroatoms. The number of ether oxygens (including phenoxy) is 1. The number of allylic oxidation sites excluding steroid dienone is 1. The van der Waals surface area contributed by atoms with E-state index >= 15 is 0 Å². The van der Waals surface area contributed by atoms with Crippen molar-refractivity contribution >= 4 is 40.5 Å². The van der Waals surface area contributed by atoms with Crippen LogP contribution >= 0.6 is 22.9 Å². The number of nitrogens with zero attached hydrogens (tertiary/aromatic N) is 6. The van der Waals surface area contributed by atoms with Gasteiger partial charge in [-0.2, -0.15) is 5.26 Å². The van der Waals surface area contributed by atoms with Crippen molar-refractivity contribution in [3.63, 3.8) is 0 Å². The molecule has 9 nitrogen and oxygen atoms in total. The van der Waals surface area contributed by atoms with Gasteiger partial charge in [-0.1, -0.05) is 35.9 Å². The molecule has 1 N–H and O–H groups in total. The molecule has 5 rings (SSSR count). The average Bonchev–Trinajstić information content (AvgIpc) is 3.55. The Hall–Kier alpha value is -4.07. The predicted octanol–water partition coefficient (Wildman–Crippen LogP) is 5.09. The topological polar surface area (TPSA) is 118 Å². The first-order valence-corrected chi connectivity index (χ1v) is 13.6. The molecule has 3 aromatic rings. The smallest absolute Gasteiger partial charge is 0.232 e. The molecule has 1 atom stereocenters. The quantitative estimate of drug-likeness (QED) is 0.437. The number of halogens is 1. The van der Waals surface area contributed by atoms with Gasteiger partial charge in [0.15, 0.2) is 5.82 Å². The molecule has 198 valence electrons. The van der Waals surface area contributed by atoms with Crippen LogP contribution in [0.25, 0.3) is 5.00 Å². The van der Waals surface area contributed by atoms with E-state index in [1.54, 1.807) is 17.5 Å². The van der Waals surface area contributed by atoms with Crippen molar-refractivity contribution in [1.29, 1.82) is 5.26 Å². The zero-order valence-electron chi connectivity index (χ0n) is 21.9. The lowest BCUT2D eigenvalue weighted by Gasteiger charge is -2.13. The van der Waals surface area contributed by atoms with E-state index in [1.165, 1.54) is 4.88 Å². The molecule has 0 bridgehead atoms. The Morgan fingerprint density at radius 1 is 1.31 bits per heavy atom. The van der Waals surface area contributed by atoms with Gasteiger partial charge in [-0.25, -0.2) is 0 Å². The van der Waals surface area contributed by atoms with Crippen LogP contribution in [0.4, 0.5) is 0 Å². The van der Waals surface area contributed by atoms with Crippen molar-refractivity contribution in [3.05, 3.63) is 85.8 Å². The lowest BCUT2D eigenvalue weighted by Crippen LogP contribution is -2.26. The number of benzene rings is 1. The van der Waals surface area contributed by atoms with Gasteiger partial charge in [0.05, 0.1) is 12.1 Å². The number of carbonyl (C=O) groups is 1. The first kappa shape index (κ1) is 26.5. The van der Waals surface area contributed by atoms with E-state index in [2.05, 4.69) is 34.4 Å². The zero-order chi connectivity index (χ0) is 27.7. The molecular formula is C28H26ClN7O2S. The lowest BCUT2D eigenvalue weighted by atomic mass is 9.99. The van der Waals surface area contributed by atoms with E-state index < -0.39 is 6.04 Å². The number of hydrogen-bond donors (Lipinski definition) is 1. The largest absolute Gasteiger partial charge is 0.472 e. The Morgan fingerprint density at radius 2 is 2.08 bits per heavy atom. The summed E-state index contributed by atoms with van der Waals surface area (Å²) in [7, 11) is 0. The third kappa shape index (κ3) is 5.03. The summed E-state index contributed by atoms with van der Waals surface area (Å²) in [6.07, 6.45) is 5.56. The maximum absolute atomic E-state index is 13.2. The number of fused-ring (bicyclic) bond motifs is 3. The first-order chi connectivity index (χ1) is 18.8. The fraction of sp³-hybridized carbons (Fsp3) is 0.286. The molecule has 1 saturated heterocycles. The fourth-order valence-electron chi connectivity index (χ4n) is 4.72. The van der Waals surface area contributed by atoms with Gasteiger partial charge in [-0.3, -0.25) is 14.4 Å². The number of nitriles is 1. The minimum atomic E-state index is -0.542. The Kier molecular flexibility index (Phi) is 7.46. The molecular weight excluding hydrogens is 534 g/mol. The molecule has 2 aliphatic rings. The van der Waals surface area contributed by atoms with Crippen LogP contribution in [0, 0.1) is 32.2 Å². The number of hydrogen-bond acceptors (Lipinski definition) is 8. The van der Waals surface area contributed by atoms with Gasteiger partial charge in [-0.15, -0.1) is 26.5 Å². The molecule has 0 aliphatic carbocycles. The van der Waals surface area contributed by atoms with Gasteiger partial charge in [0, 0.05) is 33.1 Å². The summed E-state index contributed by atoms with van der Waals surface area (Å²) < 4.78 is 7.51. The van der Waals surface area contributed by atoms with E-state index in [9.17, 15) is 4.79 Å². The number of nitrogens with one attached hydrogen (secondary N) is 1. The molecule has 1 amide bonds. The standard InChI is InChI=1S/C28H26ClN7O2S/c1-5-21-19(13-38-27(21)32-14-30)10-11-31-23(37)12-22-26-35-34-17(4)36(26)28-24(15(2)16(3)39-28)25(33-22)18-6-8-20(29)9-7-18/h5-10,22H,11-13H2,1-4H3,(H,31,37)/b19-10-,21-5+,32-27-/t22-/m0/s1. The van der Waals surface area contributed by atoms with Crippen molar-refractivity contribution in [2.75, 3.05) is 13.2 Å². The maximum atomic E-state index is 13.2. The van der Waals surface area contributed by atoms with Crippen LogP contribution in [0.5, 0.6) is 0 Å². The zero-order valence-corrected chi connectivity index (χ0v) is 23.5. The minimum Gasteiger partial charge on any atom is -0.472 e. The summed E-state index contributed by atoms with van der Waals surface area (Å²) in [4.78, 5) is 23.2. The number of aliphatic imine (C=N–C) groups is 2. The third-order valence-electron chi connectivity index (χ3n) is 6.76. The summed E-state index contributed by atoms with van der Waals surface area (Å²) in [5, 5.41) is 22.2. The second-order valence-electron chi connectivity index (χ2n) is 9.15. The SMILES string of the molecule is C/C=C1C(=N/C#N)/OCC/1=C/CNC(=O)C[C@@H]1N=C(c2ccc(Cl)cc2)c2c(sc(C)c2C)-n2c(C)nnc21. The van der Waals surface area contributed by atoms with Crippen LogP contribution < -0.4 is 5.32 Å². The first-order valence-electron chi connectivity index (χ1n) is 12.4. The van der Waals surface area contributed by atoms with Gasteiger partial charge in [0.25, 0.3) is 0 Å². The van der Waals surface area contributed by atoms with Crippen molar-refractivity contribution in [2.24, 2.45) is 9.98 Å². The molecule has 0 unspecified atom stereocenters. The van der Waals surface area contributed by atoms with Crippen LogP contribution in [-0.2, 0) is 9.53 Å². The molecule has 0 saturated carbocycles. The molecule has 0 radical (unpaired) electrons. The molecule has 4 heterocycles. The number of thiophene rings is 1. The predicted molar refractivity (Wildman–Crippen MR) is 152 cm³/mol. The third-order valence-corrected chi connectivity index (χ3v) is 8.21. The Labute approximate surface area is 235 Å². The van der Waals surface area contributed by atoms with Crippen LogP contribution in [-0.4, -0.2) is 45.4 Å². The summed E-state index contributed by atoms with van der Waals surface area (Å²) in [5.41, 5.74) is 5.51. The van der Waals surface area contributed by atoms with E-state index in [0.717, 1.165) is 44.4 Å². The van der Waals surface area contributed by atoms with Crippen molar-refractivity contribution in [1.82, 2.24) is 20.1 Å². The van der Waals surface area contributed by atoms with Crippen LogP contribution in [0.1, 0.15) is 52.6 Å². The maximum Gasteiger partial charge on any atom is 0.232 e. The number of aromatic nitrogens is 3. The average molecular weight is 560 g/mol. The molecule has 2 aromatic heterocycles. The van der Waals surface area contributed by atoms with Gasteiger partial charge >= 0.3 is 0 Å². The normalized spacial score (nSPS) is 19.3. The number of amides is 1. The number of rotatable bonds is 5. The summed E-state index contributed by atoms with van der Waals surface area (Å²) in [6.45, 7) is 8.55. The van der Waals surface area contributed by atoms with Gasteiger partial charge in [0.1, 0.15) is 23.5 Å². The fourth-order valence-corrected chi connectivity index (χ4v) is 6.06. The van der Waals surface area contributed by atoms with Crippen molar-refractivity contribution in [3.8, 4) is 11.2 Å². The highest BCUT2D eigenvalue weighted by Crippen LogP contribution is 2.39. The Balaban J connectivity index is 1.45. The van der Waals surface area contributed by atoms with E-state index in [-0.39, 0.29) is 12.3 Å². The Bertz CT molecular complexity index is 1620. The molecule has 1 aromatic carbocycles. The molecule has 39 heavy (non-hydrogen) atoms. The van der Waals surface area contributed by atoms with Gasteiger partial charge < -0.3 is 10.1 Å². The van der Waals surface area contributed by atoms with E-state index in [0.29, 0.717) is 29.9 Å². The van der Waals surface area contributed by atoms with Gasteiger partial charge in [0.2, 0.25) is 18.0 Å². The van der Waals surface area contributed by atoms with Crippen LogP contribution in [0.3, 0.4) is 0 Å². The van der Waals surface area contributed by atoms with Crippen molar-refractivity contribution < 1.29 is 9.53 Å². The summed E-state index contributed by atoms with van der Waals surface area (Å²) in [5.74, 6) is 1.50. The molecule has 0 spiro atoms. The second-order valence-corrected chi connectivity index (χ2v) is 10.8. The number of aryl methyl sites for hydroxylation is 2. The summed E-state index contributed by atoms with van der Waals surface area (Å²) >= 11 is 7.85.